The van der Waals surface area contributed by atoms with E-state index in [9.17, 15) is 4.39 Å². The number of nitrogens with zero attached hydrogens (tertiary/aromatic N) is 1. The minimum absolute atomic E-state index is 0.0460. The van der Waals surface area contributed by atoms with Crippen LogP contribution in [0.15, 0.2) is 18.2 Å². The van der Waals surface area contributed by atoms with Gasteiger partial charge in [-0.1, -0.05) is 38.4 Å². The van der Waals surface area contributed by atoms with E-state index >= 15 is 0 Å². The third kappa shape index (κ3) is 3.72. The van der Waals surface area contributed by atoms with Gasteiger partial charge in [0.25, 0.3) is 0 Å². The highest BCUT2D eigenvalue weighted by Crippen LogP contribution is 2.27. The standard InChI is InChI=1S/C16H26ClFN2/c1-5-16(4,20(6-2)7-3)15(19)10-12-8-9-13(18)11-14(12)17/h8-9,11,15H,5-7,10,19H2,1-4H3. The van der Waals surface area contributed by atoms with Crippen molar-refractivity contribution in [1.82, 2.24) is 4.90 Å². The van der Waals surface area contributed by atoms with E-state index in [-0.39, 0.29) is 17.4 Å². The van der Waals surface area contributed by atoms with Crippen LogP contribution in [0.1, 0.15) is 39.7 Å². The molecule has 1 aromatic carbocycles. The maximum atomic E-state index is 13.1. The topological polar surface area (TPSA) is 29.3 Å². The predicted octanol–water partition coefficient (Wildman–Crippen LogP) is 3.86. The number of rotatable bonds is 7. The molecule has 1 rings (SSSR count). The van der Waals surface area contributed by atoms with E-state index in [0.717, 1.165) is 25.1 Å². The van der Waals surface area contributed by atoms with E-state index in [2.05, 4.69) is 32.6 Å². The Labute approximate surface area is 127 Å². The summed E-state index contributed by atoms with van der Waals surface area (Å²) in [6.45, 7) is 10.6. The van der Waals surface area contributed by atoms with Gasteiger partial charge in [-0.05, 0) is 50.6 Å². The fourth-order valence-electron chi connectivity index (χ4n) is 2.81. The molecular formula is C16H26ClFN2. The molecule has 0 aliphatic heterocycles. The molecule has 4 heteroatoms. The van der Waals surface area contributed by atoms with Crippen LogP contribution in [0.4, 0.5) is 4.39 Å². The second-order valence-corrected chi connectivity index (χ2v) is 5.84. The summed E-state index contributed by atoms with van der Waals surface area (Å²) in [5.74, 6) is -0.311. The van der Waals surface area contributed by atoms with E-state index in [1.165, 1.54) is 12.1 Å². The summed E-state index contributed by atoms with van der Waals surface area (Å²) in [7, 11) is 0. The van der Waals surface area contributed by atoms with Gasteiger partial charge < -0.3 is 5.73 Å². The summed E-state index contributed by atoms with van der Waals surface area (Å²) in [5, 5.41) is 0.457. The van der Waals surface area contributed by atoms with Gasteiger partial charge in [-0.15, -0.1) is 0 Å². The molecule has 0 heterocycles. The van der Waals surface area contributed by atoms with Gasteiger partial charge in [-0.2, -0.15) is 0 Å². The molecule has 2 atom stereocenters. The van der Waals surface area contributed by atoms with Crippen molar-refractivity contribution < 1.29 is 4.39 Å². The van der Waals surface area contributed by atoms with Crippen molar-refractivity contribution in [2.45, 2.75) is 52.1 Å². The number of halogens is 2. The Kier molecular flexibility index (Phi) is 6.44. The lowest BCUT2D eigenvalue weighted by Crippen LogP contribution is -2.58. The summed E-state index contributed by atoms with van der Waals surface area (Å²) >= 11 is 6.11. The molecule has 2 N–H and O–H groups in total. The molecule has 0 aliphatic rings. The van der Waals surface area contributed by atoms with E-state index in [1.807, 2.05) is 0 Å². The molecular weight excluding hydrogens is 275 g/mol. The van der Waals surface area contributed by atoms with Gasteiger partial charge in [0.2, 0.25) is 0 Å². The van der Waals surface area contributed by atoms with Gasteiger partial charge in [0, 0.05) is 16.6 Å². The first-order valence-corrected chi connectivity index (χ1v) is 7.71. The summed E-state index contributed by atoms with van der Waals surface area (Å²) in [4.78, 5) is 2.38. The fraction of sp³-hybridized carbons (Fsp3) is 0.625. The maximum absolute atomic E-state index is 13.1. The largest absolute Gasteiger partial charge is 0.326 e. The minimum Gasteiger partial charge on any atom is -0.326 e. The van der Waals surface area contributed by atoms with Crippen molar-refractivity contribution in [3.8, 4) is 0 Å². The number of benzene rings is 1. The van der Waals surface area contributed by atoms with E-state index in [4.69, 9.17) is 17.3 Å². The lowest BCUT2D eigenvalue weighted by molar-refractivity contribution is 0.0845. The zero-order chi connectivity index (χ0) is 15.3. The Bertz CT molecular complexity index is 434. The molecule has 2 nitrogen and oxygen atoms in total. The first kappa shape index (κ1) is 17.4. The van der Waals surface area contributed by atoms with Crippen molar-refractivity contribution >= 4 is 11.6 Å². The number of nitrogens with two attached hydrogens (primary N) is 1. The number of hydrogen-bond acceptors (Lipinski definition) is 2. The van der Waals surface area contributed by atoms with Crippen molar-refractivity contribution in [2.24, 2.45) is 5.73 Å². The third-order valence-corrected chi connectivity index (χ3v) is 4.81. The molecule has 0 aliphatic carbocycles. The average molecular weight is 301 g/mol. The molecule has 0 radical (unpaired) electrons. The first-order chi connectivity index (χ1) is 9.38. The number of likely N-dealkylation sites (N-methyl/N-ethyl adjacent to an activating group) is 1. The normalized spacial score (nSPS) is 16.2. The summed E-state index contributed by atoms with van der Waals surface area (Å²) < 4.78 is 13.1. The Morgan fingerprint density at radius 2 is 1.90 bits per heavy atom. The summed E-state index contributed by atoms with van der Waals surface area (Å²) in [6, 6.07) is 4.48. The van der Waals surface area contributed by atoms with Gasteiger partial charge in [-0.3, -0.25) is 4.90 Å². The highest BCUT2D eigenvalue weighted by atomic mass is 35.5. The Morgan fingerprint density at radius 1 is 1.30 bits per heavy atom. The van der Waals surface area contributed by atoms with Crippen LogP contribution in [0.25, 0.3) is 0 Å². The second kappa shape index (κ2) is 7.39. The minimum atomic E-state index is -0.311. The molecule has 0 fully saturated rings. The van der Waals surface area contributed by atoms with Gasteiger partial charge in [0.15, 0.2) is 0 Å². The Hall–Kier alpha value is -0.640. The zero-order valence-corrected chi connectivity index (χ0v) is 13.7. The van der Waals surface area contributed by atoms with Gasteiger partial charge in [0.05, 0.1) is 0 Å². The van der Waals surface area contributed by atoms with Crippen molar-refractivity contribution in [1.29, 1.82) is 0 Å². The van der Waals surface area contributed by atoms with Crippen molar-refractivity contribution in [2.75, 3.05) is 13.1 Å². The highest BCUT2D eigenvalue weighted by Gasteiger charge is 2.34. The van der Waals surface area contributed by atoms with Crippen LogP contribution in [0, 0.1) is 5.82 Å². The third-order valence-electron chi connectivity index (χ3n) is 4.46. The van der Waals surface area contributed by atoms with Crippen molar-refractivity contribution in [3.05, 3.63) is 34.6 Å². The fourth-order valence-corrected chi connectivity index (χ4v) is 3.05. The molecule has 0 saturated heterocycles. The molecule has 0 amide bonds. The SMILES string of the molecule is CCN(CC)C(C)(CC)C(N)Cc1ccc(F)cc1Cl. The lowest BCUT2D eigenvalue weighted by Gasteiger charge is -2.44. The average Bonchev–Trinajstić information content (AvgIpc) is 2.42. The van der Waals surface area contributed by atoms with Crippen LogP contribution >= 0.6 is 11.6 Å². The molecule has 2 unspecified atom stereocenters. The maximum Gasteiger partial charge on any atom is 0.124 e. The van der Waals surface area contributed by atoms with Gasteiger partial charge in [-0.25, -0.2) is 4.39 Å². The predicted molar refractivity (Wildman–Crippen MR) is 84.7 cm³/mol. The molecule has 0 bridgehead atoms. The number of hydrogen-bond donors (Lipinski definition) is 1. The molecule has 20 heavy (non-hydrogen) atoms. The summed E-state index contributed by atoms with van der Waals surface area (Å²) in [5.41, 5.74) is 7.29. The monoisotopic (exact) mass is 300 g/mol. The first-order valence-electron chi connectivity index (χ1n) is 7.33. The van der Waals surface area contributed by atoms with Crippen LogP contribution < -0.4 is 5.73 Å². The van der Waals surface area contributed by atoms with Crippen LogP contribution in [-0.4, -0.2) is 29.6 Å². The second-order valence-electron chi connectivity index (χ2n) is 5.43. The highest BCUT2D eigenvalue weighted by molar-refractivity contribution is 6.31. The smallest absolute Gasteiger partial charge is 0.124 e. The lowest BCUT2D eigenvalue weighted by atomic mass is 9.84. The van der Waals surface area contributed by atoms with Gasteiger partial charge in [0.1, 0.15) is 5.82 Å². The Balaban J connectivity index is 2.94. The van der Waals surface area contributed by atoms with Crippen LogP contribution in [-0.2, 0) is 6.42 Å². The molecule has 0 saturated carbocycles. The van der Waals surface area contributed by atoms with Crippen LogP contribution in [0.3, 0.4) is 0 Å². The zero-order valence-electron chi connectivity index (χ0n) is 12.9. The Morgan fingerprint density at radius 3 is 2.35 bits per heavy atom. The summed E-state index contributed by atoms with van der Waals surface area (Å²) in [6.07, 6.45) is 1.62. The van der Waals surface area contributed by atoms with Crippen molar-refractivity contribution in [3.63, 3.8) is 0 Å². The molecule has 114 valence electrons. The molecule has 0 spiro atoms. The van der Waals surface area contributed by atoms with Crippen LogP contribution in [0.2, 0.25) is 5.02 Å². The van der Waals surface area contributed by atoms with E-state index in [1.54, 1.807) is 6.07 Å². The van der Waals surface area contributed by atoms with Gasteiger partial charge >= 0.3 is 0 Å². The molecule has 1 aromatic rings. The molecule has 0 aromatic heterocycles. The van der Waals surface area contributed by atoms with Crippen LogP contribution in [0.5, 0.6) is 0 Å². The quantitative estimate of drug-likeness (QED) is 0.828. The van der Waals surface area contributed by atoms with E-state index < -0.39 is 0 Å². The van der Waals surface area contributed by atoms with E-state index in [0.29, 0.717) is 11.4 Å².